The van der Waals surface area contributed by atoms with Crippen LogP contribution in [0.25, 0.3) is 0 Å². The van der Waals surface area contributed by atoms with Gasteiger partial charge in [-0.15, -0.1) is 0 Å². The van der Waals surface area contributed by atoms with Crippen molar-refractivity contribution in [1.82, 2.24) is 0 Å². The van der Waals surface area contributed by atoms with Crippen molar-refractivity contribution in [3.63, 3.8) is 0 Å². The van der Waals surface area contributed by atoms with Gasteiger partial charge in [0.1, 0.15) is 0 Å². The Morgan fingerprint density at radius 1 is 0.875 bits per heavy atom. The summed E-state index contributed by atoms with van der Waals surface area (Å²) in [4.78, 5) is 32.3. The van der Waals surface area contributed by atoms with Crippen molar-refractivity contribution in [2.75, 3.05) is 0 Å². The van der Waals surface area contributed by atoms with Crippen molar-refractivity contribution < 1.29 is 29.7 Å². The topological polar surface area (TPSA) is 112 Å². The third-order valence-corrected chi connectivity index (χ3v) is 3.19. The summed E-state index contributed by atoms with van der Waals surface area (Å²) in [5.41, 5.74) is -0.939. The van der Waals surface area contributed by atoms with Crippen molar-refractivity contribution in [3.05, 3.63) is 28.8 Å². The van der Waals surface area contributed by atoms with Gasteiger partial charge in [0.05, 0.1) is 0 Å². The van der Waals surface area contributed by atoms with Crippen molar-refractivity contribution in [2.24, 2.45) is 0 Å². The third kappa shape index (κ3) is 2.22. The number of carbonyl (C=O) groups is 3. The van der Waals surface area contributed by atoms with Crippen molar-refractivity contribution in [3.8, 4) is 0 Å². The van der Waals surface area contributed by atoms with E-state index >= 15 is 0 Å². The molecule has 1 unspecified atom stereocenters. The van der Waals surface area contributed by atoms with Gasteiger partial charge in [0.25, 0.3) is 0 Å². The Hall–Kier alpha value is -1.81. The molecule has 0 aliphatic rings. The summed E-state index contributed by atoms with van der Waals surface area (Å²) in [6.45, 7) is 0. The minimum absolute atomic E-state index is 0.0949. The molecule has 6 nitrogen and oxygen atoms in total. The van der Waals surface area contributed by atoms with Gasteiger partial charge in [0, 0.05) is 0 Å². The maximum absolute atomic E-state index is 10.8. The van der Waals surface area contributed by atoms with E-state index in [2.05, 4.69) is 0 Å². The second-order valence-corrected chi connectivity index (χ2v) is 4.11. The number of hydrogen-bond donors (Lipinski definition) is 3. The van der Waals surface area contributed by atoms with E-state index in [1.807, 2.05) is 0 Å². The monoisotopic (exact) mass is 286 g/mol. The molecule has 0 radical (unpaired) electrons. The standard InChI is InChI=1S/C9H7AsO6/c10-6-4(8(13)14)1-3(7(11)12)2-5(6)9(15)16/h1-2H,10H2,(H,11,12)(H,13,14)(H,15,16). The number of carboxylic acid groups (broad SMARTS) is 3. The van der Waals surface area contributed by atoms with Gasteiger partial charge in [-0.3, -0.25) is 0 Å². The van der Waals surface area contributed by atoms with Gasteiger partial charge in [-0.1, -0.05) is 0 Å². The minimum atomic E-state index is -1.36. The average molecular weight is 286 g/mol. The number of rotatable bonds is 3. The molecule has 0 bridgehead atoms. The summed E-state index contributed by atoms with van der Waals surface area (Å²) in [5.74, 6) is -4.05. The SMILES string of the molecule is O=C(O)c1cc(C(=O)O)c([AsH2])c(C(=O)O)c1. The Bertz CT molecular complexity index is 458. The van der Waals surface area contributed by atoms with Crippen LogP contribution in [0.4, 0.5) is 0 Å². The third-order valence-electron chi connectivity index (χ3n) is 1.89. The molecule has 84 valence electrons. The van der Waals surface area contributed by atoms with Crippen LogP contribution < -0.4 is 4.35 Å². The van der Waals surface area contributed by atoms with Crippen LogP contribution in [0.3, 0.4) is 0 Å². The molecule has 0 aliphatic heterocycles. The molecule has 1 aromatic carbocycles. The second-order valence-electron chi connectivity index (χ2n) is 2.90. The Morgan fingerprint density at radius 3 is 1.50 bits per heavy atom. The summed E-state index contributed by atoms with van der Waals surface area (Å²) in [5, 5.41) is 26.3. The second kappa shape index (κ2) is 4.36. The number of hydrogen-bond acceptors (Lipinski definition) is 3. The van der Waals surface area contributed by atoms with E-state index < -0.39 is 17.9 Å². The first-order valence-corrected chi connectivity index (χ1v) is 5.19. The summed E-state index contributed by atoms with van der Waals surface area (Å²) in [6.07, 6.45) is 0. The molecule has 0 amide bonds. The van der Waals surface area contributed by atoms with Gasteiger partial charge in [-0.25, -0.2) is 0 Å². The molecule has 0 spiro atoms. The molecule has 1 rings (SSSR count). The van der Waals surface area contributed by atoms with Gasteiger partial charge < -0.3 is 0 Å². The van der Waals surface area contributed by atoms with Gasteiger partial charge in [-0.2, -0.15) is 0 Å². The zero-order chi connectivity index (χ0) is 12.5. The summed E-state index contributed by atoms with van der Waals surface area (Å²) < 4.78 is 0.0949. The van der Waals surface area contributed by atoms with Crippen LogP contribution in [0, 0.1) is 0 Å². The maximum atomic E-state index is 10.8. The Labute approximate surface area is 98.0 Å². The Balaban J connectivity index is 3.57. The van der Waals surface area contributed by atoms with Crippen molar-refractivity contribution in [1.29, 1.82) is 0 Å². The number of aromatic carboxylic acids is 3. The Kier molecular flexibility index (Phi) is 3.34. The van der Waals surface area contributed by atoms with E-state index in [0.717, 1.165) is 29.0 Å². The predicted octanol–water partition coefficient (Wildman–Crippen LogP) is -0.960. The van der Waals surface area contributed by atoms with Crippen LogP contribution in [-0.2, 0) is 0 Å². The fourth-order valence-corrected chi connectivity index (χ4v) is 2.00. The molecule has 0 saturated heterocycles. The molecule has 0 heterocycles. The van der Waals surface area contributed by atoms with Gasteiger partial charge in [-0.05, 0) is 0 Å². The number of carboxylic acids is 3. The summed E-state index contributed by atoms with van der Waals surface area (Å²) in [7, 11) is 0. The molecular weight excluding hydrogens is 279 g/mol. The molecule has 3 N–H and O–H groups in total. The fourth-order valence-electron chi connectivity index (χ4n) is 1.13. The van der Waals surface area contributed by atoms with Crippen LogP contribution in [0.15, 0.2) is 12.1 Å². The van der Waals surface area contributed by atoms with Gasteiger partial charge >= 0.3 is 97.6 Å². The normalized spacial score (nSPS) is 9.81. The first-order valence-electron chi connectivity index (χ1n) is 3.98. The first-order chi connectivity index (χ1) is 7.34. The molecule has 7 heteroatoms. The van der Waals surface area contributed by atoms with Crippen LogP contribution in [0.2, 0.25) is 0 Å². The summed E-state index contributed by atoms with van der Waals surface area (Å²) in [6, 6.07) is 1.91. The van der Waals surface area contributed by atoms with E-state index in [4.69, 9.17) is 15.3 Å². The molecule has 1 aromatic rings. The molecule has 16 heavy (non-hydrogen) atoms. The molecular formula is C9H7AsO6. The number of benzene rings is 1. The van der Waals surface area contributed by atoms with Gasteiger partial charge in [0.2, 0.25) is 0 Å². The quantitative estimate of drug-likeness (QED) is 0.617. The zero-order valence-corrected chi connectivity index (χ0v) is 10.2. The zero-order valence-electron chi connectivity index (χ0n) is 7.80. The average Bonchev–Trinajstić information content (AvgIpc) is 2.16. The van der Waals surface area contributed by atoms with Crippen molar-refractivity contribution in [2.45, 2.75) is 0 Å². The molecule has 0 aromatic heterocycles. The molecule has 0 fully saturated rings. The molecule has 0 saturated carbocycles. The summed E-state index contributed by atoms with van der Waals surface area (Å²) >= 11 is 0.820. The van der Waals surface area contributed by atoms with Gasteiger partial charge in [0.15, 0.2) is 0 Å². The van der Waals surface area contributed by atoms with E-state index in [1.54, 1.807) is 0 Å². The predicted molar refractivity (Wildman–Crippen MR) is 55.5 cm³/mol. The van der Waals surface area contributed by atoms with E-state index in [1.165, 1.54) is 0 Å². The van der Waals surface area contributed by atoms with Crippen LogP contribution in [0.1, 0.15) is 31.1 Å². The first kappa shape index (κ1) is 12.3. The van der Waals surface area contributed by atoms with Crippen LogP contribution >= 0.6 is 0 Å². The molecule has 0 aliphatic carbocycles. The van der Waals surface area contributed by atoms with E-state index in [0.29, 0.717) is 0 Å². The fraction of sp³-hybridized carbons (Fsp3) is 0. The van der Waals surface area contributed by atoms with E-state index in [-0.39, 0.29) is 21.0 Å². The van der Waals surface area contributed by atoms with Crippen molar-refractivity contribution >= 4 is 39.1 Å². The molecule has 1 atom stereocenters. The van der Waals surface area contributed by atoms with Crippen LogP contribution in [-0.4, -0.2) is 50.1 Å². The van der Waals surface area contributed by atoms with E-state index in [9.17, 15) is 14.4 Å². The van der Waals surface area contributed by atoms with Crippen LogP contribution in [0.5, 0.6) is 0 Å². The Morgan fingerprint density at radius 2 is 1.25 bits per heavy atom.